The van der Waals surface area contributed by atoms with Crippen molar-refractivity contribution in [3.8, 4) is 0 Å². The monoisotopic (exact) mass is 297 g/mol. The Morgan fingerprint density at radius 3 is 2.65 bits per heavy atom. The summed E-state index contributed by atoms with van der Waals surface area (Å²) in [5.41, 5.74) is 0. The largest absolute Gasteiger partial charge is 0.356 e. The van der Waals surface area contributed by atoms with Gasteiger partial charge in [-0.05, 0) is 47.5 Å². The second-order valence-corrected chi connectivity index (χ2v) is 5.74. The molecule has 94 valence electrons. The van der Waals surface area contributed by atoms with Gasteiger partial charge in [0, 0.05) is 19.3 Å². The molecule has 2 rings (SSSR count). The van der Waals surface area contributed by atoms with Gasteiger partial charge in [0.05, 0.1) is 4.47 Å². The minimum Gasteiger partial charge on any atom is -0.356 e. The zero-order valence-corrected chi connectivity index (χ0v) is 12.2. The van der Waals surface area contributed by atoms with E-state index in [0.717, 1.165) is 16.2 Å². The molecule has 1 fully saturated rings. The number of aromatic nitrogens is 2. The Kier molecular flexibility index (Phi) is 4.37. The maximum absolute atomic E-state index is 4.36. The van der Waals surface area contributed by atoms with Crippen LogP contribution in [0.4, 0.5) is 5.82 Å². The molecule has 1 aliphatic carbocycles. The molecule has 1 aliphatic rings. The smallest absolute Gasteiger partial charge is 0.146 e. The van der Waals surface area contributed by atoms with Crippen molar-refractivity contribution >= 4 is 21.7 Å². The Hall–Kier alpha value is -0.640. The van der Waals surface area contributed by atoms with Crippen molar-refractivity contribution in [2.45, 2.75) is 45.1 Å². The van der Waals surface area contributed by atoms with Crippen molar-refractivity contribution in [3.63, 3.8) is 0 Å². The van der Waals surface area contributed by atoms with Crippen LogP contribution >= 0.6 is 15.9 Å². The van der Waals surface area contributed by atoms with E-state index in [2.05, 4.69) is 44.8 Å². The lowest BCUT2D eigenvalue weighted by molar-refractivity contribution is 0.312. The van der Waals surface area contributed by atoms with Crippen molar-refractivity contribution in [1.82, 2.24) is 9.97 Å². The van der Waals surface area contributed by atoms with Crippen LogP contribution in [-0.2, 0) is 0 Å². The first-order valence-electron chi connectivity index (χ1n) is 6.40. The molecule has 0 radical (unpaired) electrons. The first-order chi connectivity index (χ1) is 8.22. The molecule has 0 N–H and O–H groups in total. The van der Waals surface area contributed by atoms with Gasteiger partial charge < -0.3 is 4.90 Å². The third kappa shape index (κ3) is 2.97. The summed E-state index contributed by atoms with van der Waals surface area (Å²) in [7, 11) is 2.14. The number of halogens is 1. The summed E-state index contributed by atoms with van der Waals surface area (Å²) in [5.74, 6) is 1.95. The third-order valence-electron chi connectivity index (χ3n) is 3.92. The zero-order chi connectivity index (χ0) is 12.3. The summed E-state index contributed by atoms with van der Waals surface area (Å²) in [6.45, 7) is 2.30. The predicted molar refractivity (Wildman–Crippen MR) is 74.2 cm³/mol. The molecule has 4 heteroatoms. The molecule has 0 atom stereocenters. The topological polar surface area (TPSA) is 29.0 Å². The molecular weight excluding hydrogens is 278 g/mol. The van der Waals surface area contributed by atoms with Gasteiger partial charge in [-0.2, -0.15) is 0 Å². The molecule has 0 aliphatic heterocycles. The molecule has 1 saturated carbocycles. The quantitative estimate of drug-likeness (QED) is 0.853. The highest BCUT2D eigenvalue weighted by Crippen LogP contribution is 2.32. The zero-order valence-electron chi connectivity index (χ0n) is 10.6. The van der Waals surface area contributed by atoms with Gasteiger partial charge in [-0.25, -0.2) is 9.97 Å². The number of hydrogen-bond donors (Lipinski definition) is 0. The molecule has 0 bridgehead atoms. The van der Waals surface area contributed by atoms with Crippen molar-refractivity contribution in [1.29, 1.82) is 0 Å². The van der Waals surface area contributed by atoms with E-state index in [0.29, 0.717) is 6.04 Å². The van der Waals surface area contributed by atoms with Gasteiger partial charge in [0.1, 0.15) is 12.1 Å². The maximum Gasteiger partial charge on any atom is 0.146 e. The Morgan fingerprint density at radius 1 is 1.35 bits per heavy atom. The standard InChI is InChI=1S/C13H20BrN3/c1-3-10-4-6-11(7-5-10)17(2)13-12(14)8-15-9-16-13/h8-11H,3-7H2,1-2H3. The van der Waals surface area contributed by atoms with Crippen LogP contribution in [0.1, 0.15) is 39.0 Å². The van der Waals surface area contributed by atoms with Crippen LogP contribution in [0, 0.1) is 5.92 Å². The molecule has 3 nitrogen and oxygen atoms in total. The second-order valence-electron chi connectivity index (χ2n) is 4.89. The van der Waals surface area contributed by atoms with E-state index in [1.54, 1.807) is 6.33 Å². The van der Waals surface area contributed by atoms with Gasteiger partial charge >= 0.3 is 0 Å². The number of rotatable bonds is 3. The Balaban J connectivity index is 2.02. The van der Waals surface area contributed by atoms with Crippen molar-refractivity contribution in [2.75, 3.05) is 11.9 Å². The SMILES string of the molecule is CCC1CCC(N(C)c2ncncc2Br)CC1. The van der Waals surface area contributed by atoms with Crippen LogP contribution < -0.4 is 4.90 Å². The molecule has 1 aromatic rings. The molecule has 0 spiro atoms. The van der Waals surface area contributed by atoms with Gasteiger partial charge in [0.25, 0.3) is 0 Å². The average molecular weight is 298 g/mol. The molecule has 0 amide bonds. The third-order valence-corrected chi connectivity index (χ3v) is 4.48. The fraction of sp³-hybridized carbons (Fsp3) is 0.692. The summed E-state index contributed by atoms with van der Waals surface area (Å²) >= 11 is 3.52. The van der Waals surface area contributed by atoms with Crippen LogP contribution in [0.25, 0.3) is 0 Å². The lowest BCUT2D eigenvalue weighted by atomic mass is 9.84. The van der Waals surface area contributed by atoms with Crippen molar-refractivity contribution in [2.24, 2.45) is 5.92 Å². The van der Waals surface area contributed by atoms with Gasteiger partial charge in [-0.1, -0.05) is 13.3 Å². The Labute approximate surface area is 112 Å². The summed E-state index contributed by atoms with van der Waals surface area (Å²) in [6, 6.07) is 0.629. The predicted octanol–water partition coefficient (Wildman–Crippen LogP) is 3.64. The maximum atomic E-state index is 4.36. The summed E-state index contributed by atoms with van der Waals surface area (Å²) in [4.78, 5) is 10.7. The molecular formula is C13H20BrN3. The van der Waals surface area contributed by atoms with E-state index in [4.69, 9.17) is 0 Å². The van der Waals surface area contributed by atoms with Gasteiger partial charge in [0.15, 0.2) is 0 Å². The number of anilines is 1. The number of nitrogens with zero attached hydrogens (tertiary/aromatic N) is 3. The Morgan fingerprint density at radius 2 is 2.06 bits per heavy atom. The summed E-state index contributed by atoms with van der Waals surface area (Å²) in [5, 5.41) is 0. The van der Waals surface area contributed by atoms with Crippen LogP contribution in [0.15, 0.2) is 17.0 Å². The van der Waals surface area contributed by atoms with Gasteiger partial charge in [0.2, 0.25) is 0 Å². The van der Waals surface area contributed by atoms with Crippen LogP contribution in [0.2, 0.25) is 0 Å². The normalized spacial score (nSPS) is 24.6. The molecule has 17 heavy (non-hydrogen) atoms. The fourth-order valence-corrected chi connectivity index (χ4v) is 3.18. The van der Waals surface area contributed by atoms with E-state index >= 15 is 0 Å². The number of hydrogen-bond acceptors (Lipinski definition) is 3. The lowest BCUT2D eigenvalue weighted by Crippen LogP contribution is -2.35. The highest BCUT2D eigenvalue weighted by Gasteiger charge is 2.24. The molecule has 0 unspecified atom stereocenters. The minimum atomic E-state index is 0.629. The van der Waals surface area contributed by atoms with E-state index in [1.165, 1.54) is 32.1 Å². The fourth-order valence-electron chi connectivity index (χ4n) is 2.68. The average Bonchev–Trinajstić information content (AvgIpc) is 2.39. The molecule has 1 aromatic heterocycles. The minimum absolute atomic E-state index is 0.629. The van der Waals surface area contributed by atoms with E-state index in [-0.39, 0.29) is 0 Å². The van der Waals surface area contributed by atoms with Crippen LogP contribution in [-0.4, -0.2) is 23.1 Å². The Bertz CT molecular complexity index is 361. The lowest BCUT2D eigenvalue weighted by Gasteiger charge is -2.35. The second kappa shape index (κ2) is 5.80. The van der Waals surface area contributed by atoms with Crippen molar-refractivity contribution in [3.05, 3.63) is 17.0 Å². The van der Waals surface area contributed by atoms with E-state index in [1.807, 2.05) is 6.20 Å². The van der Waals surface area contributed by atoms with E-state index < -0.39 is 0 Å². The van der Waals surface area contributed by atoms with Gasteiger partial charge in [-0.15, -0.1) is 0 Å². The van der Waals surface area contributed by atoms with E-state index in [9.17, 15) is 0 Å². The summed E-state index contributed by atoms with van der Waals surface area (Å²) in [6.07, 6.45) is 10.0. The van der Waals surface area contributed by atoms with Crippen LogP contribution in [0.3, 0.4) is 0 Å². The first-order valence-corrected chi connectivity index (χ1v) is 7.20. The summed E-state index contributed by atoms with van der Waals surface area (Å²) < 4.78 is 0.986. The first kappa shape index (κ1) is 12.8. The molecule has 1 heterocycles. The van der Waals surface area contributed by atoms with Gasteiger partial charge in [-0.3, -0.25) is 0 Å². The van der Waals surface area contributed by atoms with Crippen LogP contribution in [0.5, 0.6) is 0 Å². The molecule has 0 aromatic carbocycles. The highest BCUT2D eigenvalue weighted by atomic mass is 79.9. The molecule has 0 saturated heterocycles. The van der Waals surface area contributed by atoms with Crippen molar-refractivity contribution < 1.29 is 0 Å². The highest BCUT2D eigenvalue weighted by molar-refractivity contribution is 9.10.